The summed E-state index contributed by atoms with van der Waals surface area (Å²) >= 11 is 0. The van der Waals surface area contributed by atoms with Crippen molar-refractivity contribution in [2.75, 3.05) is 18.4 Å². The van der Waals surface area contributed by atoms with E-state index < -0.39 is 0 Å². The third-order valence-corrected chi connectivity index (χ3v) is 4.80. The van der Waals surface area contributed by atoms with Crippen LogP contribution in [-0.4, -0.2) is 50.0 Å². The van der Waals surface area contributed by atoms with Crippen molar-refractivity contribution in [3.05, 3.63) is 53.1 Å². The van der Waals surface area contributed by atoms with Crippen LogP contribution in [0.3, 0.4) is 0 Å². The van der Waals surface area contributed by atoms with Gasteiger partial charge in [-0.25, -0.2) is 14.9 Å². The van der Waals surface area contributed by atoms with Gasteiger partial charge in [-0.15, -0.1) is 0 Å². The maximum atomic E-state index is 11.6. The number of carbonyl (C=O) groups is 1. The maximum Gasteiger partial charge on any atom is 0.340 e. The van der Waals surface area contributed by atoms with Crippen LogP contribution in [0.5, 0.6) is 0 Å². The molecule has 0 amide bonds. The highest BCUT2D eigenvalue weighted by Gasteiger charge is 2.25. The van der Waals surface area contributed by atoms with Crippen LogP contribution < -0.4 is 11.0 Å². The number of aromatic amines is 2. The second-order valence-corrected chi connectivity index (χ2v) is 6.68. The molecule has 4 rings (SSSR count). The number of Topliss-reactive ketones (excluding diaryl/α,β-unsaturated/α-hetero) is 1. The average molecular weight is 364 g/mol. The van der Waals surface area contributed by atoms with E-state index in [0.717, 1.165) is 29.6 Å². The molecule has 1 atom stereocenters. The van der Waals surface area contributed by atoms with Gasteiger partial charge in [0.25, 0.3) is 0 Å². The van der Waals surface area contributed by atoms with Crippen LogP contribution in [0.2, 0.25) is 0 Å². The van der Waals surface area contributed by atoms with E-state index in [2.05, 4.69) is 32.1 Å². The number of ketones is 1. The highest BCUT2D eigenvalue weighted by molar-refractivity contribution is 5.94. The van der Waals surface area contributed by atoms with Crippen LogP contribution in [0.25, 0.3) is 22.3 Å². The van der Waals surface area contributed by atoms with Gasteiger partial charge in [-0.1, -0.05) is 30.8 Å². The number of pyridine rings is 1. The van der Waals surface area contributed by atoms with E-state index in [4.69, 9.17) is 0 Å². The van der Waals surface area contributed by atoms with E-state index in [-0.39, 0.29) is 17.5 Å². The minimum absolute atomic E-state index is 0.0105. The molecule has 3 heterocycles. The summed E-state index contributed by atoms with van der Waals surface area (Å²) in [6, 6.07) is 9.95. The fraction of sp³-hybridized carbons (Fsp3) is 0.263. The Kier molecular flexibility index (Phi) is 4.23. The second kappa shape index (κ2) is 6.71. The van der Waals surface area contributed by atoms with E-state index in [1.165, 1.54) is 6.92 Å². The molecule has 1 aliphatic heterocycles. The summed E-state index contributed by atoms with van der Waals surface area (Å²) in [7, 11) is 0. The van der Waals surface area contributed by atoms with Crippen molar-refractivity contribution in [2.24, 2.45) is 0 Å². The summed E-state index contributed by atoms with van der Waals surface area (Å²) in [5, 5.41) is 11.8. The smallest absolute Gasteiger partial charge is 0.340 e. The Bertz CT molecular complexity index is 1080. The van der Waals surface area contributed by atoms with Gasteiger partial charge in [-0.05, 0) is 17.9 Å². The largest absolute Gasteiger partial charge is 0.367 e. The van der Waals surface area contributed by atoms with E-state index in [0.29, 0.717) is 23.8 Å². The molecule has 27 heavy (non-hydrogen) atoms. The molecule has 0 aliphatic carbocycles. The molecular weight excluding hydrogens is 344 g/mol. The van der Waals surface area contributed by atoms with Gasteiger partial charge in [0, 0.05) is 31.4 Å². The molecule has 1 fully saturated rings. The first-order chi connectivity index (χ1) is 13.0. The van der Waals surface area contributed by atoms with E-state index >= 15 is 0 Å². The minimum Gasteiger partial charge on any atom is -0.367 e. The Morgan fingerprint density at radius 1 is 1.37 bits per heavy atom. The van der Waals surface area contributed by atoms with E-state index in [9.17, 15) is 9.59 Å². The molecule has 2 aromatic heterocycles. The number of hydrogen-bond donors (Lipinski definition) is 3. The number of nitrogens with one attached hydrogen (secondary N) is 3. The summed E-state index contributed by atoms with van der Waals surface area (Å²) in [5.41, 5.74) is 0.751. The predicted octanol–water partition coefficient (Wildman–Crippen LogP) is 1.90. The molecule has 0 spiro atoms. The molecule has 0 radical (unpaired) electrons. The topological polar surface area (TPSA) is 107 Å². The van der Waals surface area contributed by atoms with Crippen molar-refractivity contribution in [2.45, 2.75) is 19.4 Å². The molecule has 0 saturated carbocycles. The number of aromatic nitrogens is 4. The third kappa shape index (κ3) is 3.33. The van der Waals surface area contributed by atoms with Crippen molar-refractivity contribution in [3.63, 3.8) is 0 Å². The lowest BCUT2D eigenvalue weighted by Crippen LogP contribution is -2.28. The number of hydrogen-bond acceptors (Lipinski definition) is 6. The van der Waals surface area contributed by atoms with Gasteiger partial charge < -0.3 is 10.2 Å². The quantitative estimate of drug-likeness (QED) is 0.597. The van der Waals surface area contributed by atoms with Gasteiger partial charge in [0.2, 0.25) is 0 Å². The number of benzene rings is 1. The zero-order valence-electron chi connectivity index (χ0n) is 15.0. The number of rotatable bonds is 5. The average Bonchev–Trinajstić information content (AvgIpc) is 3.30. The molecule has 0 unspecified atom stereocenters. The molecule has 138 valence electrons. The number of allylic oxidation sites excluding steroid dienone is 1. The standard InChI is InChI=1S/C19H20N6O2/c1-11(12(2)26)25-8-7-14(10-25)20-17-15-6-4-3-5-13(15)9-16(21-17)18-22-19(27)24-23-18/h3-6,9,14H,1,7-8,10H2,2H3,(H,20,21)(H2,22,23,24,27)/t14-/m0/s1. The van der Waals surface area contributed by atoms with E-state index in [1.807, 2.05) is 35.2 Å². The second-order valence-electron chi connectivity index (χ2n) is 6.68. The van der Waals surface area contributed by atoms with E-state index in [1.54, 1.807) is 0 Å². The maximum absolute atomic E-state index is 11.6. The monoisotopic (exact) mass is 364 g/mol. The van der Waals surface area contributed by atoms with Crippen LogP contribution >= 0.6 is 0 Å². The van der Waals surface area contributed by atoms with Crippen molar-refractivity contribution >= 4 is 22.4 Å². The molecule has 1 aliphatic rings. The molecular formula is C19H20N6O2. The lowest BCUT2D eigenvalue weighted by Gasteiger charge is -2.20. The minimum atomic E-state index is -0.372. The summed E-state index contributed by atoms with van der Waals surface area (Å²) < 4.78 is 0. The number of H-pyrrole nitrogens is 2. The molecule has 3 N–H and O–H groups in total. The van der Waals surface area contributed by atoms with Crippen LogP contribution in [-0.2, 0) is 4.79 Å². The predicted molar refractivity (Wildman–Crippen MR) is 103 cm³/mol. The summed E-state index contributed by atoms with van der Waals surface area (Å²) in [6.07, 6.45) is 0.881. The van der Waals surface area contributed by atoms with Crippen molar-refractivity contribution in [1.29, 1.82) is 0 Å². The number of fused-ring (bicyclic) bond motifs is 1. The fourth-order valence-corrected chi connectivity index (χ4v) is 3.36. The first-order valence-electron chi connectivity index (χ1n) is 8.77. The van der Waals surface area contributed by atoms with Gasteiger partial charge in [-0.3, -0.25) is 9.78 Å². The summed E-state index contributed by atoms with van der Waals surface area (Å²) in [6.45, 7) is 6.88. The molecule has 3 aromatic rings. The molecule has 1 saturated heterocycles. The van der Waals surface area contributed by atoms with Gasteiger partial charge in [-0.2, -0.15) is 5.10 Å². The zero-order chi connectivity index (χ0) is 19.0. The van der Waals surface area contributed by atoms with Crippen LogP contribution in [0, 0.1) is 0 Å². The van der Waals surface area contributed by atoms with Gasteiger partial charge in [0.15, 0.2) is 11.6 Å². The molecule has 1 aromatic carbocycles. The van der Waals surface area contributed by atoms with Crippen molar-refractivity contribution in [3.8, 4) is 11.5 Å². The summed E-state index contributed by atoms with van der Waals surface area (Å²) in [5.74, 6) is 1.11. The lowest BCUT2D eigenvalue weighted by molar-refractivity contribution is -0.114. The van der Waals surface area contributed by atoms with Crippen LogP contribution in [0.4, 0.5) is 5.82 Å². The first kappa shape index (κ1) is 17.0. The van der Waals surface area contributed by atoms with Crippen LogP contribution in [0.1, 0.15) is 13.3 Å². The van der Waals surface area contributed by atoms with Gasteiger partial charge in [0.1, 0.15) is 11.5 Å². The van der Waals surface area contributed by atoms with Gasteiger partial charge >= 0.3 is 5.69 Å². The highest BCUT2D eigenvalue weighted by atomic mass is 16.1. The summed E-state index contributed by atoms with van der Waals surface area (Å²) in [4.78, 5) is 32.3. The first-order valence-corrected chi connectivity index (χ1v) is 8.77. The fourth-order valence-electron chi connectivity index (χ4n) is 3.36. The van der Waals surface area contributed by atoms with Crippen LogP contribution in [0.15, 0.2) is 47.4 Å². The Labute approximate surface area is 155 Å². The van der Waals surface area contributed by atoms with Gasteiger partial charge in [0.05, 0.1) is 5.70 Å². The van der Waals surface area contributed by atoms with Crippen molar-refractivity contribution in [1.82, 2.24) is 25.1 Å². The zero-order valence-corrected chi connectivity index (χ0v) is 15.0. The number of carbonyl (C=O) groups excluding carboxylic acids is 1. The number of nitrogens with zero attached hydrogens (tertiary/aromatic N) is 3. The Morgan fingerprint density at radius 3 is 2.93 bits per heavy atom. The number of likely N-dealkylation sites (tertiary alicyclic amines) is 1. The number of anilines is 1. The van der Waals surface area contributed by atoms with Crippen molar-refractivity contribution < 1.29 is 4.79 Å². The Balaban J connectivity index is 1.66. The normalized spacial score (nSPS) is 16.6. The lowest BCUT2D eigenvalue weighted by atomic mass is 10.1. The third-order valence-electron chi connectivity index (χ3n) is 4.80. The SMILES string of the molecule is C=C(C(C)=O)N1CC[C@H](Nc2nc(-c3n[nH]c(=O)[nH]3)cc3ccccc23)C1. The molecule has 8 heteroatoms. The highest BCUT2D eigenvalue weighted by Crippen LogP contribution is 2.28. The molecule has 8 nitrogen and oxygen atoms in total. The Morgan fingerprint density at radius 2 is 2.19 bits per heavy atom. The Hall–Kier alpha value is -3.42. The molecule has 0 bridgehead atoms.